The van der Waals surface area contributed by atoms with Gasteiger partial charge in [-0.1, -0.05) is 23.7 Å². The molecule has 23 heavy (non-hydrogen) atoms. The third kappa shape index (κ3) is 4.26. The van der Waals surface area contributed by atoms with Gasteiger partial charge in [0.1, 0.15) is 5.82 Å². The number of carbonyl (C=O) groups excluding carboxylic acids is 1. The number of amides is 2. The quantitative estimate of drug-likeness (QED) is 0.871. The lowest BCUT2D eigenvalue weighted by Gasteiger charge is -2.13. The molecule has 0 saturated heterocycles. The van der Waals surface area contributed by atoms with Gasteiger partial charge in [0.2, 0.25) is 0 Å². The number of benzene rings is 2. The minimum Gasteiger partial charge on any atom is -0.493 e. The van der Waals surface area contributed by atoms with Gasteiger partial charge in [0.25, 0.3) is 0 Å². The topological polar surface area (TPSA) is 59.6 Å². The Kier molecular flexibility index (Phi) is 5.65. The molecule has 2 aromatic rings. The lowest BCUT2D eigenvalue weighted by molar-refractivity contribution is 0.251. The molecular formula is C16H16ClFN2O3. The Balaban J connectivity index is 2.02. The molecule has 0 atom stereocenters. The number of nitrogens with one attached hydrogen (secondary N) is 2. The van der Waals surface area contributed by atoms with Crippen LogP contribution in [0.25, 0.3) is 0 Å². The Hall–Kier alpha value is -2.47. The van der Waals surface area contributed by atoms with Crippen molar-refractivity contribution >= 4 is 23.3 Å². The molecule has 0 radical (unpaired) electrons. The molecule has 0 unspecified atom stereocenters. The van der Waals surface area contributed by atoms with Gasteiger partial charge in [-0.05, 0) is 24.3 Å². The molecule has 7 heteroatoms. The van der Waals surface area contributed by atoms with Crippen LogP contribution >= 0.6 is 11.6 Å². The standard InChI is InChI=1S/C16H16ClFN2O3/c1-22-14-5-3-4-10(15(14)23-2)9-19-16(21)20-13-7-6-11(18)8-12(13)17/h3-8H,9H2,1-2H3,(H2,19,20,21). The third-order valence-corrected chi connectivity index (χ3v) is 3.42. The van der Waals surface area contributed by atoms with Crippen molar-refractivity contribution in [2.75, 3.05) is 19.5 Å². The van der Waals surface area contributed by atoms with Crippen molar-refractivity contribution in [3.05, 3.63) is 52.8 Å². The second kappa shape index (κ2) is 7.69. The maximum absolute atomic E-state index is 13.0. The molecule has 5 nitrogen and oxygen atoms in total. The van der Waals surface area contributed by atoms with Crippen molar-refractivity contribution in [3.63, 3.8) is 0 Å². The number of anilines is 1. The molecule has 0 fully saturated rings. The number of urea groups is 1. The SMILES string of the molecule is COc1cccc(CNC(=O)Nc2ccc(F)cc2Cl)c1OC. The number of halogens is 2. The van der Waals surface area contributed by atoms with Crippen LogP contribution in [0.2, 0.25) is 5.02 Å². The first-order valence-electron chi connectivity index (χ1n) is 6.75. The van der Waals surface area contributed by atoms with E-state index in [1.54, 1.807) is 12.1 Å². The first-order chi connectivity index (χ1) is 11.0. The van der Waals surface area contributed by atoms with E-state index in [-0.39, 0.29) is 11.6 Å². The molecule has 122 valence electrons. The summed E-state index contributed by atoms with van der Waals surface area (Å²) in [5, 5.41) is 5.35. The molecule has 0 saturated carbocycles. The summed E-state index contributed by atoms with van der Waals surface area (Å²) in [7, 11) is 3.07. The van der Waals surface area contributed by atoms with Crippen LogP contribution < -0.4 is 20.1 Å². The number of carbonyl (C=O) groups is 1. The van der Waals surface area contributed by atoms with Crippen molar-refractivity contribution in [2.24, 2.45) is 0 Å². The van der Waals surface area contributed by atoms with Crippen LogP contribution in [0.4, 0.5) is 14.9 Å². The summed E-state index contributed by atoms with van der Waals surface area (Å²) in [6.45, 7) is 0.227. The molecule has 0 heterocycles. The number of methoxy groups -OCH3 is 2. The van der Waals surface area contributed by atoms with Crippen LogP contribution in [0.3, 0.4) is 0 Å². The Morgan fingerprint density at radius 2 is 2.00 bits per heavy atom. The zero-order valence-corrected chi connectivity index (χ0v) is 13.4. The van der Waals surface area contributed by atoms with E-state index in [9.17, 15) is 9.18 Å². The summed E-state index contributed by atoms with van der Waals surface area (Å²) in [5.41, 5.74) is 1.08. The van der Waals surface area contributed by atoms with Gasteiger partial charge in [-0.2, -0.15) is 0 Å². The molecular weight excluding hydrogens is 323 g/mol. The molecule has 0 aromatic heterocycles. The Bertz CT molecular complexity index is 710. The highest BCUT2D eigenvalue weighted by molar-refractivity contribution is 6.33. The lowest BCUT2D eigenvalue weighted by Crippen LogP contribution is -2.28. The average Bonchev–Trinajstić information content (AvgIpc) is 2.55. The number of hydrogen-bond donors (Lipinski definition) is 2. The number of ether oxygens (including phenoxy) is 2. The minimum absolute atomic E-state index is 0.124. The molecule has 0 bridgehead atoms. The van der Waals surface area contributed by atoms with Crippen molar-refractivity contribution < 1.29 is 18.7 Å². The van der Waals surface area contributed by atoms with Crippen molar-refractivity contribution in [1.82, 2.24) is 5.32 Å². The van der Waals surface area contributed by atoms with E-state index in [0.29, 0.717) is 17.2 Å². The van der Waals surface area contributed by atoms with Gasteiger partial charge in [-0.3, -0.25) is 0 Å². The molecule has 0 aliphatic rings. The van der Waals surface area contributed by atoms with Crippen LogP contribution in [-0.2, 0) is 6.54 Å². The van der Waals surface area contributed by atoms with E-state index in [2.05, 4.69) is 10.6 Å². The molecule has 2 amide bonds. The van der Waals surface area contributed by atoms with Crippen LogP contribution in [0.5, 0.6) is 11.5 Å². The van der Waals surface area contributed by atoms with Crippen LogP contribution in [0, 0.1) is 5.82 Å². The van der Waals surface area contributed by atoms with Crippen LogP contribution in [-0.4, -0.2) is 20.3 Å². The maximum atomic E-state index is 13.0. The summed E-state index contributed by atoms with van der Waals surface area (Å²) in [5.74, 6) is 0.658. The molecule has 0 aliphatic heterocycles. The molecule has 2 rings (SSSR count). The predicted molar refractivity (Wildman–Crippen MR) is 86.8 cm³/mol. The highest BCUT2D eigenvalue weighted by Crippen LogP contribution is 2.30. The van der Waals surface area contributed by atoms with Gasteiger partial charge in [-0.15, -0.1) is 0 Å². The zero-order valence-electron chi connectivity index (χ0n) is 12.7. The smallest absolute Gasteiger partial charge is 0.319 e. The predicted octanol–water partition coefficient (Wildman–Crippen LogP) is 3.82. The fourth-order valence-corrected chi connectivity index (χ4v) is 2.24. The molecule has 2 aromatic carbocycles. The van der Waals surface area contributed by atoms with Gasteiger partial charge < -0.3 is 20.1 Å². The van der Waals surface area contributed by atoms with E-state index in [0.717, 1.165) is 11.6 Å². The summed E-state index contributed by atoms with van der Waals surface area (Å²) < 4.78 is 23.5. The third-order valence-electron chi connectivity index (χ3n) is 3.10. The number of hydrogen-bond acceptors (Lipinski definition) is 3. The van der Waals surface area contributed by atoms with E-state index in [1.807, 2.05) is 6.07 Å². The molecule has 0 aliphatic carbocycles. The molecule has 0 spiro atoms. The molecule has 2 N–H and O–H groups in total. The average molecular weight is 339 g/mol. The fraction of sp³-hybridized carbons (Fsp3) is 0.188. The van der Waals surface area contributed by atoms with E-state index in [4.69, 9.17) is 21.1 Å². The number of rotatable bonds is 5. The number of para-hydroxylation sites is 1. The van der Waals surface area contributed by atoms with Crippen LogP contribution in [0.1, 0.15) is 5.56 Å². The van der Waals surface area contributed by atoms with Gasteiger partial charge in [0.05, 0.1) is 24.9 Å². The second-order valence-electron chi connectivity index (χ2n) is 4.58. The highest BCUT2D eigenvalue weighted by atomic mass is 35.5. The normalized spacial score (nSPS) is 10.1. The maximum Gasteiger partial charge on any atom is 0.319 e. The van der Waals surface area contributed by atoms with E-state index < -0.39 is 11.8 Å². The van der Waals surface area contributed by atoms with E-state index >= 15 is 0 Å². The summed E-state index contributed by atoms with van der Waals surface area (Å²) in [4.78, 5) is 11.9. The first-order valence-corrected chi connectivity index (χ1v) is 7.12. The van der Waals surface area contributed by atoms with Gasteiger partial charge in [0, 0.05) is 12.1 Å². The van der Waals surface area contributed by atoms with Crippen molar-refractivity contribution in [2.45, 2.75) is 6.54 Å². The first kappa shape index (κ1) is 16.9. The summed E-state index contributed by atoms with van der Waals surface area (Å²) >= 11 is 5.86. The Labute approximate surface area is 138 Å². The van der Waals surface area contributed by atoms with Gasteiger partial charge in [0.15, 0.2) is 11.5 Å². The summed E-state index contributed by atoms with van der Waals surface area (Å²) in [6.07, 6.45) is 0. The zero-order chi connectivity index (χ0) is 16.8. The Morgan fingerprint density at radius 1 is 1.22 bits per heavy atom. The van der Waals surface area contributed by atoms with Crippen LogP contribution in [0.15, 0.2) is 36.4 Å². The monoisotopic (exact) mass is 338 g/mol. The van der Waals surface area contributed by atoms with Crippen molar-refractivity contribution in [1.29, 1.82) is 0 Å². The largest absolute Gasteiger partial charge is 0.493 e. The van der Waals surface area contributed by atoms with Gasteiger partial charge in [-0.25, -0.2) is 9.18 Å². The lowest BCUT2D eigenvalue weighted by atomic mass is 10.2. The fourth-order valence-electron chi connectivity index (χ4n) is 2.03. The highest BCUT2D eigenvalue weighted by Gasteiger charge is 2.11. The van der Waals surface area contributed by atoms with E-state index in [1.165, 1.54) is 26.4 Å². The summed E-state index contributed by atoms with van der Waals surface area (Å²) in [6, 6.07) is 8.64. The second-order valence-corrected chi connectivity index (χ2v) is 4.99. The van der Waals surface area contributed by atoms with Gasteiger partial charge >= 0.3 is 6.03 Å². The minimum atomic E-state index is -0.470. The Morgan fingerprint density at radius 3 is 2.65 bits per heavy atom. The van der Waals surface area contributed by atoms with Crippen molar-refractivity contribution in [3.8, 4) is 11.5 Å².